The van der Waals surface area contributed by atoms with Gasteiger partial charge in [0.25, 0.3) is 0 Å². The van der Waals surface area contributed by atoms with Gasteiger partial charge < -0.3 is 4.84 Å². The van der Waals surface area contributed by atoms with E-state index in [-0.39, 0.29) is 0 Å². The van der Waals surface area contributed by atoms with Gasteiger partial charge in [-0.25, -0.2) is 5.90 Å². The van der Waals surface area contributed by atoms with E-state index < -0.39 is 0 Å². The maximum atomic E-state index is 5.10. The predicted octanol–water partition coefficient (Wildman–Crippen LogP) is 2.11. The molecule has 2 rings (SSSR count). The third-order valence-corrected chi connectivity index (χ3v) is 3.45. The first-order chi connectivity index (χ1) is 8.40. The lowest BCUT2D eigenvalue weighted by Gasteiger charge is -2.27. The predicted molar refractivity (Wildman–Crippen MR) is 69.4 cm³/mol. The molecule has 0 saturated carbocycles. The number of hydrogen-bond acceptors (Lipinski definition) is 3. The molecule has 1 aromatic carbocycles. The van der Waals surface area contributed by atoms with Crippen molar-refractivity contribution in [1.82, 2.24) is 4.90 Å². The number of piperidine rings is 1. The average Bonchev–Trinajstić information content (AvgIpc) is 2.39. The highest BCUT2D eigenvalue weighted by Crippen LogP contribution is 2.16. The maximum Gasteiger partial charge on any atom is 0.0719 e. The lowest BCUT2D eigenvalue weighted by Crippen LogP contribution is -2.29. The highest BCUT2D eigenvalue weighted by Gasteiger charge is 2.12. The van der Waals surface area contributed by atoms with E-state index in [2.05, 4.69) is 34.0 Å². The maximum absolute atomic E-state index is 5.10. The molecule has 0 aromatic heterocycles. The average molecular weight is 234 g/mol. The number of nitrogens with two attached hydrogens (primary N) is 1. The fourth-order valence-electron chi connectivity index (χ4n) is 2.48. The summed E-state index contributed by atoms with van der Waals surface area (Å²) in [5.41, 5.74) is 2.79. The summed E-state index contributed by atoms with van der Waals surface area (Å²) in [6.07, 6.45) is 4.97. The van der Waals surface area contributed by atoms with Gasteiger partial charge in [0.1, 0.15) is 0 Å². The molecule has 0 radical (unpaired) electrons. The normalized spacial score (nSPS) is 17.2. The fourth-order valence-corrected chi connectivity index (χ4v) is 2.48. The monoisotopic (exact) mass is 234 g/mol. The Morgan fingerprint density at radius 3 is 2.47 bits per heavy atom. The Balaban J connectivity index is 1.98. The Bertz CT molecular complexity index is 335. The second-order valence-corrected chi connectivity index (χ2v) is 4.73. The first kappa shape index (κ1) is 12.6. The van der Waals surface area contributed by atoms with E-state index in [4.69, 9.17) is 5.90 Å². The van der Waals surface area contributed by atoms with Crippen molar-refractivity contribution in [2.24, 2.45) is 5.90 Å². The highest BCUT2D eigenvalue weighted by molar-refractivity contribution is 5.27. The number of likely N-dealkylation sites (tertiary alicyclic amines) is 1. The molecule has 1 aliphatic heterocycles. The zero-order valence-electron chi connectivity index (χ0n) is 10.4. The van der Waals surface area contributed by atoms with Gasteiger partial charge in [0, 0.05) is 6.54 Å². The van der Waals surface area contributed by atoms with Gasteiger partial charge in [-0.2, -0.15) is 0 Å². The van der Waals surface area contributed by atoms with Gasteiger partial charge in [0.05, 0.1) is 6.61 Å². The van der Waals surface area contributed by atoms with Crippen molar-refractivity contribution in [3.63, 3.8) is 0 Å². The molecular formula is C14H22N2O. The van der Waals surface area contributed by atoms with Crippen molar-refractivity contribution in [3.8, 4) is 0 Å². The SMILES string of the molecule is NOCCc1ccccc1CN1CCCCC1. The van der Waals surface area contributed by atoms with Crippen LogP contribution in [0.25, 0.3) is 0 Å². The molecule has 0 amide bonds. The van der Waals surface area contributed by atoms with Gasteiger partial charge in [0.15, 0.2) is 0 Å². The molecule has 3 nitrogen and oxygen atoms in total. The minimum Gasteiger partial charge on any atom is -0.304 e. The fraction of sp³-hybridized carbons (Fsp3) is 0.571. The Hall–Kier alpha value is -0.900. The first-order valence-corrected chi connectivity index (χ1v) is 6.51. The number of nitrogens with zero attached hydrogens (tertiary/aromatic N) is 1. The van der Waals surface area contributed by atoms with Crippen LogP contribution in [0.4, 0.5) is 0 Å². The van der Waals surface area contributed by atoms with Crippen LogP contribution in [0, 0.1) is 0 Å². The summed E-state index contributed by atoms with van der Waals surface area (Å²) in [6.45, 7) is 4.14. The van der Waals surface area contributed by atoms with Crippen molar-refractivity contribution in [1.29, 1.82) is 0 Å². The topological polar surface area (TPSA) is 38.5 Å². The Morgan fingerprint density at radius 1 is 1.06 bits per heavy atom. The molecule has 2 N–H and O–H groups in total. The van der Waals surface area contributed by atoms with Crippen molar-refractivity contribution in [2.75, 3.05) is 19.7 Å². The molecule has 0 unspecified atom stereocenters. The highest BCUT2D eigenvalue weighted by atomic mass is 16.6. The van der Waals surface area contributed by atoms with Crippen molar-refractivity contribution in [3.05, 3.63) is 35.4 Å². The molecule has 0 aliphatic carbocycles. The molecule has 1 saturated heterocycles. The third-order valence-electron chi connectivity index (χ3n) is 3.45. The van der Waals surface area contributed by atoms with Crippen LogP contribution in [-0.4, -0.2) is 24.6 Å². The van der Waals surface area contributed by atoms with Crippen molar-refractivity contribution < 1.29 is 4.84 Å². The third kappa shape index (κ3) is 3.80. The minimum absolute atomic E-state index is 0.594. The van der Waals surface area contributed by atoms with E-state index in [1.54, 1.807) is 0 Å². The van der Waals surface area contributed by atoms with Gasteiger partial charge in [0.2, 0.25) is 0 Å². The minimum atomic E-state index is 0.594. The summed E-state index contributed by atoms with van der Waals surface area (Å²) in [6, 6.07) is 8.61. The Kier molecular flexibility index (Phi) is 4.98. The van der Waals surface area contributed by atoms with Crippen LogP contribution >= 0.6 is 0 Å². The van der Waals surface area contributed by atoms with Crippen LogP contribution in [0.2, 0.25) is 0 Å². The lowest BCUT2D eigenvalue weighted by atomic mass is 10.0. The van der Waals surface area contributed by atoms with Crippen LogP contribution in [0.1, 0.15) is 30.4 Å². The van der Waals surface area contributed by atoms with Gasteiger partial charge in [-0.3, -0.25) is 4.90 Å². The molecule has 0 bridgehead atoms. The lowest BCUT2D eigenvalue weighted by molar-refractivity contribution is 0.140. The van der Waals surface area contributed by atoms with E-state index in [0.29, 0.717) is 6.61 Å². The van der Waals surface area contributed by atoms with Crippen LogP contribution < -0.4 is 5.90 Å². The molecule has 0 spiro atoms. The Labute approximate surface area is 104 Å². The van der Waals surface area contributed by atoms with Gasteiger partial charge in [-0.1, -0.05) is 30.7 Å². The quantitative estimate of drug-likeness (QED) is 0.793. The zero-order valence-corrected chi connectivity index (χ0v) is 10.4. The van der Waals surface area contributed by atoms with E-state index >= 15 is 0 Å². The summed E-state index contributed by atoms with van der Waals surface area (Å²) in [5, 5.41) is 0. The molecule has 1 heterocycles. The van der Waals surface area contributed by atoms with E-state index in [0.717, 1.165) is 13.0 Å². The molecule has 94 valence electrons. The van der Waals surface area contributed by atoms with Gasteiger partial charge in [-0.05, 0) is 43.5 Å². The van der Waals surface area contributed by atoms with Crippen LogP contribution in [0.5, 0.6) is 0 Å². The smallest absolute Gasteiger partial charge is 0.0719 e. The molecule has 0 atom stereocenters. The molecule has 3 heteroatoms. The van der Waals surface area contributed by atoms with Crippen LogP contribution in [-0.2, 0) is 17.8 Å². The summed E-state index contributed by atoms with van der Waals surface area (Å²) in [7, 11) is 0. The van der Waals surface area contributed by atoms with Gasteiger partial charge >= 0.3 is 0 Å². The van der Waals surface area contributed by atoms with Crippen LogP contribution in [0.3, 0.4) is 0 Å². The summed E-state index contributed by atoms with van der Waals surface area (Å²) in [4.78, 5) is 7.22. The summed E-state index contributed by atoms with van der Waals surface area (Å²) >= 11 is 0. The molecule has 1 aromatic rings. The summed E-state index contributed by atoms with van der Waals surface area (Å²) < 4.78 is 0. The van der Waals surface area contributed by atoms with E-state index in [1.165, 1.54) is 43.5 Å². The molecule has 1 aliphatic rings. The molecule has 17 heavy (non-hydrogen) atoms. The second kappa shape index (κ2) is 6.74. The largest absolute Gasteiger partial charge is 0.304 e. The summed E-state index contributed by atoms with van der Waals surface area (Å²) in [5.74, 6) is 5.10. The number of rotatable bonds is 5. The Morgan fingerprint density at radius 2 is 1.76 bits per heavy atom. The molecular weight excluding hydrogens is 212 g/mol. The van der Waals surface area contributed by atoms with Crippen molar-refractivity contribution in [2.45, 2.75) is 32.2 Å². The number of benzene rings is 1. The van der Waals surface area contributed by atoms with E-state index in [9.17, 15) is 0 Å². The van der Waals surface area contributed by atoms with E-state index in [1.807, 2.05) is 0 Å². The van der Waals surface area contributed by atoms with Gasteiger partial charge in [-0.15, -0.1) is 0 Å². The molecule has 1 fully saturated rings. The van der Waals surface area contributed by atoms with Crippen LogP contribution in [0.15, 0.2) is 24.3 Å². The van der Waals surface area contributed by atoms with Crippen molar-refractivity contribution >= 4 is 0 Å². The second-order valence-electron chi connectivity index (χ2n) is 4.73. The number of hydrogen-bond donors (Lipinski definition) is 1. The zero-order chi connectivity index (χ0) is 11.9. The first-order valence-electron chi connectivity index (χ1n) is 6.51. The standard InChI is InChI=1S/C14H22N2O/c15-17-11-8-13-6-2-3-7-14(13)12-16-9-4-1-5-10-16/h2-3,6-7H,1,4-5,8-12,15H2.